The number of anilines is 1. The number of nitrogens with one attached hydrogen (secondary N) is 1. The number of amides is 1. The standard InChI is InChI=1S/C14H13N3O/c18-14-9-17(10-16-14)13-5-1-3-11(7-13)12-4-2-6-15-8-12/h1-8H,9-10H2,(H,16,18). The van der Waals surface area contributed by atoms with Gasteiger partial charge in [0.2, 0.25) is 5.91 Å². The molecular formula is C14H13N3O. The van der Waals surface area contributed by atoms with E-state index in [-0.39, 0.29) is 5.91 Å². The molecule has 0 radical (unpaired) electrons. The zero-order valence-electron chi connectivity index (χ0n) is 9.84. The molecule has 0 unspecified atom stereocenters. The minimum absolute atomic E-state index is 0.0711. The van der Waals surface area contributed by atoms with Crippen LogP contribution in [0.15, 0.2) is 48.8 Å². The van der Waals surface area contributed by atoms with Crippen LogP contribution in [-0.2, 0) is 4.79 Å². The molecule has 1 aliphatic heterocycles. The number of hydrogen-bond donors (Lipinski definition) is 1. The molecule has 2 heterocycles. The van der Waals surface area contributed by atoms with Gasteiger partial charge in [-0.3, -0.25) is 9.78 Å². The molecule has 90 valence electrons. The van der Waals surface area contributed by atoms with Gasteiger partial charge in [0.05, 0.1) is 13.2 Å². The summed E-state index contributed by atoms with van der Waals surface area (Å²) in [6, 6.07) is 12.1. The number of carbonyl (C=O) groups excluding carboxylic acids is 1. The van der Waals surface area contributed by atoms with Crippen LogP contribution < -0.4 is 10.2 Å². The molecule has 0 spiro atoms. The van der Waals surface area contributed by atoms with Gasteiger partial charge in [-0.05, 0) is 23.8 Å². The Labute approximate surface area is 105 Å². The minimum atomic E-state index is 0.0711. The van der Waals surface area contributed by atoms with Gasteiger partial charge in [-0.1, -0.05) is 18.2 Å². The monoisotopic (exact) mass is 239 g/mol. The van der Waals surface area contributed by atoms with E-state index in [1.54, 1.807) is 6.20 Å². The molecule has 0 atom stereocenters. The molecule has 1 aromatic carbocycles. The van der Waals surface area contributed by atoms with Gasteiger partial charge in [0.25, 0.3) is 0 Å². The molecule has 3 rings (SSSR count). The van der Waals surface area contributed by atoms with E-state index in [0.717, 1.165) is 16.8 Å². The largest absolute Gasteiger partial charge is 0.345 e. The first-order chi connectivity index (χ1) is 8.83. The lowest BCUT2D eigenvalue weighted by atomic mass is 10.1. The summed E-state index contributed by atoms with van der Waals surface area (Å²) < 4.78 is 0. The van der Waals surface area contributed by atoms with E-state index in [9.17, 15) is 4.79 Å². The number of nitrogens with zero attached hydrogens (tertiary/aromatic N) is 2. The molecule has 1 aliphatic rings. The Morgan fingerprint density at radius 2 is 2.06 bits per heavy atom. The molecule has 1 amide bonds. The number of carbonyl (C=O) groups is 1. The predicted molar refractivity (Wildman–Crippen MR) is 70.0 cm³/mol. The molecule has 2 aromatic rings. The van der Waals surface area contributed by atoms with Crippen LogP contribution in [0.25, 0.3) is 11.1 Å². The summed E-state index contributed by atoms with van der Waals surface area (Å²) >= 11 is 0. The van der Waals surface area contributed by atoms with Crippen LogP contribution in [0.1, 0.15) is 0 Å². The summed E-state index contributed by atoms with van der Waals surface area (Å²) in [5.74, 6) is 0.0711. The van der Waals surface area contributed by atoms with E-state index in [0.29, 0.717) is 13.2 Å². The maximum atomic E-state index is 11.2. The quantitative estimate of drug-likeness (QED) is 0.866. The second-order valence-electron chi connectivity index (χ2n) is 4.25. The first-order valence-corrected chi connectivity index (χ1v) is 5.85. The first kappa shape index (κ1) is 10.8. The maximum Gasteiger partial charge on any atom is 0.240 e. The van der Waals surface area contributed by atoms with E-state index in [1.807, 2.05) is 41.4 Å². The predicted octanol–water partition coefficient (Wildman–Crippen LogP) is 1.64. The van der Waals surface area contributed by atoms with Crippen LogP contribution in [-0.4, -0.2) is 24.1 Å². The second kappa shape index (κ2) is 4.49. The van der Waals surface area contributed by atoms with E-state index in [1.165, 1.54) is 0 Å². The Morgan fingerprint density at radius 1 is 1.17 bits per heavy atom. The molecule has 1 saturated heterocycles. The molecule has 0 aliphatic carbocycles. The summed E-state index contributed by atoms with van der Waals surface area (Å²) in [5.41, 5.74) is 3.24. The van der Waals surface area contributed by atoms with Gasteiger partial charge in [-0.2, -0.15) is 0 Å². The zero-order chi connectivity index (χ0) is 12.4. The van der Waals surface area contributed by atoms with Gasteiger partial charge in [0.15, 0.2) is 0 Å². The molecule has 0 saturated carbocycles. The van der Waals surface area contributed by atoms with Crippen LogP contribution in [0, 0.1) is 0 Å². The van der Waals surface area contributed by atoms with E-state index in [2.05, 4.69) is 16.4 Å². The maximum absolute atomic E-state index is 11.2. The van der Waals surface area contributed by atoms with Crippen molar-refractivity contribution in [2.45, 2.75) is 0 Å². The molecular weight excluding hydrogens is 226 g/mol. The fraction of sp³-hybridized carbons (Fsp3) is 0.143. The van der Waals surface area contributed by atoms with Crippen molar-refractivity contribution in [2.24, 2.45) is 0 Å². The molecule has 4 nitrogen and oxygen atoms in total. The van der Waals surface area contributed by atoms with Crippen molar-refractivity contribution >= 4 is 11.6 Å². The third-order valence-electron chi connectivity index (χ3n) is 3.01. The number of benzene rings is 1. The average Bonchev–Trinajstić information content (AvgIpc) is 2.87. The van der Waals surface area contributed by atoms with Crippen LogP contribution in [0.4, 0.5) is 5.69 Å². The Morgan fingerprint density at radius 3 is 2.78 bits per heavy atom. The van der Waals surface area contributed by atoms with E-state index >= 15 is 0 Å². The van der Waals surface area contributed by atoms with Crippen molar-refractivity contribution in [1.82, 2.24) is 10.3 Å². The molecule has 4 heteroatoms. The lowest BCUT2D eigenvalue weighted by Gasteiger charge is -2.16. The number of aromatic nitrogens is 1. The Kier molecular flexibility index (Phi) is 2.68. The summed E-state index contributed by atoms with van der Waals surface area (Å²) in [6.07, 6.45) is 3.60. The smallest absolute Gasteiger partial charge is 0.240 e. The van der Waals surface area contributed by atoms with Gasteiger partial charge < -0.3 is 10.2 Å². The average molecular weight is 239 g/mol. The summed E-state index contributed by atoms with van der Waals surface area (Å²) in [7, 11) is 0. The lowest BCUT2D eigenvalue weighted by Crippen LogP contribution is -2.20. The Balaban J connectivity index is 1.92. The lowest BCUT2D eigenvalue weighted by molar-refractivity contribution is -0.118. The van der Waals surface area contributed by atoms with Crippen molar-refractivity contribution in [2.75, 3.05) is 18.1 Å². The highest BCUT2D eigenvalue weighted by Crippen LogP contribution is 2.24. The van der Waals surface area contributed by atoms with Crippen LogP contribution in [0.2, 0.25) is 0 Å². The number of hydrogen-bond acceptors (Lipinski definition) is 3. The molecule has 1 N–H and O–H groups in total. The first-order valence-electron chi connectivity index (χ1n) is 5.85. The van der Waals surface area contributed by atoms with Crippen LogP contribution in [0.5, 0.6) is 0 Å². The van der Waals surface area contributed by atoms with Gasteiger partial charge in [0.1, 0.15) is 0 Å². The van der Waals surface area contributed by atoms with Crippen LogP contribution >= 0.6 is 0 Å². The summed E-state index contributed by atoms with van der Waals surface area (Å²) in [6.45, 7) is 1.01. The topological polar surface area (TPSA) is 45.2 Å². The highest BCUT2D eigenvalue weighted by molar-refractivity contribution is 5.85. The van der Waals surface area contributed by atoms with Gasteiger partial charge in [-0.15, -0.1) is 0 Å². The summed E-state index contributed by atoms with van der Waals surface area (Å²) in [4.78, 5) is 17.4. The fourth-order valence-corrected chi connectivity index (χ4v) is 2.07. The Hall–Kier alpha value is -2.36. The highest BCUT2D eigenvalue weighted by atomic mass is 16.2. The Bertz CT molecular complexity index is 568. The number of rotatable bonds is 2. The van der Waals surface area contributed by atoms with Crippen LogP contribution in [0.3, 0.4) is 0 Å². The van der Waals surface area contributed by atoms with Gasteiger partial charge in [-0.25, -0.2) is 0 Å². The normalized spacial score (nSPS) is 14.7. The molecule has 0 bridgehead atoms. The summed E-state index contributed by atoms with van der Waals surface area (Å²) in [5, 5.41) is 2.80. The van der Waals surface area contributed by atoms with Crippen molar-refractivity contribution in [3.8, 4) is 11.1 Å². The molecule has 1 aromatic heterocycles. The van der Waals surface area contributed by atoms with Gasteiger partial charge >= 0.3 is 0 Å². The zero-order valence-corrected chi connectivity index (χ0v) is 9.84. The third-order valence-corrected chi connectivity index (χ3v) is 3.01. The second-order valence-corrected chi connectivity index (χ2v) is 4.25. The third kappa shape index (κ3) is 2.05. The van der Waals surface area contributed by atoms with Gasteiger partial charge in [0, 0.05) is 23.6 Å². The fourth-order valence-electron chi connectivity index (χ4n) is 2.07. The molecule has 18 heavy (non-hydrogen) atoms. The van der Waals surface area contributed by atoms with E-state index < -0.39 is 0 Å². The van der Waals surface area contributed by atoms with E-state index in [4.69, 9.17) is 0 Å². The van der Waals surface area contributed by atoms with Crippen molar-refractivity contribution in [3.05, 3.63) is 48.8 Å². The van der Waals surface area contributed by atoms with Crippen molar-refractivity contribution in [3.63, 3.8) is 0 Å². The van der Waals surface area contributed by atoms with Crippen molar-refractivity contribution < 1.29 is 4.79 Å². The van der Waals surface area contributed by atoms with Crippen molar-refractivity contribution in [1.29, 1.82) is 0 Å². The SMILES string of the molecule is O=C1CN(c2cccc(-c3cccnc3)c2)CN1. The highest BCUT2D eigenvalue weighted by Gasteiger charge is 2.18. The minimum Gasteiger partial charge on any atom is -0.345 e. The number of pyridine rings is 1. The molecule has 1 fully saturated rings.